The highest BCUT2D eigenvalue weighted by Gasteiger charge is 2.33. The third-order valence-corrected chi connectivity index (χ3v) is 6.10. The molecule has 2 aromatic rings. The van der Waals surface area contributed by atoms with Gasteiger partial charge in [0.1, 0.15) is 0 Å². The minimum Gasteiger partial charge on any atom is -0.339 e. The maximum atomic E-state index is 13.0. The predicted octanol–water partition coefficient (Wildman–Crippen LogP) is 4.55. The van der Waals surface area contributed by atoms with Crippen molar-refractivity contribution < 1.29 is 9.32 Å². The number of carbonyl (C=O) groups is 1. The zero-order valence-electron chi connectivity index (χ0n) is 16.2. The van der Waals surface area contributed by atoms with Crippen LogP contribution in [0.5, 0.6) is 0 Å². The molecule has 144 valence electrons. The molecule has 0 N–H and O–H groups in total. The number of aromatic nitrogens is 2. The summed E-state index contributed by atoms with van der Waals surface area (Å²) in [5.41, 5.74) is 2.17. The van der Waals surface area contributed by atoms with Gasteiger partial charge in [0.05, 0.1) is 0 Å². The maximum absolute atomic E-state index is 13.0. The van der Waals surface area contributed by atoms with Crippen molar-refractivity contribution >= 4 is 5.91 Å². The Labute approximate surface area is 161 Å². The Bertz CT molecular complexity index is 758. The molecule has 4 rings (SSSR count). The molecule has 5 nitrogen and oxygen atoms in total. The summed E-state index contributed by atoms with van der Waals surface area (Å²) in [5.74, 6) is 1.84. The van der Waals surface area contributed by atoms with E-state index in [2.05, 4.69) is 22.0 Å². The van der Waals surface area contributed by atoms with Gasteiger partial charge in [0.2, 0.25) is 17.6 Å². The highest BCUT2D eigenvalue weighted by Crippen LogP contribution is 2.31. The summed E-state index contributed by atoms with van der Waals surface area (Å²) in [7, 11) is 0. The standard InChI is InChI=1S/C22H29N3O2/c1-16-10-12-17(13-11-16)21-23-20(27-24-21)14-15-25(19-8-3-2-4-9-19)22(26)18-6-5-7-18/h10-13,18-19H,2-9,14-15H2,1H3. The Hall–Kier alpha value is -2.17. The van der Waals surface area contributed by atoms with Gasteiger partial charge in [-0.05, 0) is 32.6 Å². The van der Waals surface area contributed by atoms with Gasteiger partial charge in [0, 0.05) is 30.5 Å². The molecule has 2 fully saturated rings. The van der Waals surface area contributed by atoms with Crippen molar-refractivity contribution in [3.63, 3.8) is 0 Å². The fourth-order valence-electron chi connectivity index (χ4n) is 4.15. The number of rotatable bonds is 6. The van der Waals surface area contributed by atoms with E-state index in [0.29, 0.717) is 36.6 Å². The number of nitrogens with zero attached hydrogens (tertiary/aromatic N) is 3. The van der Waals surface area contributed by atoms with Gasteiger partial charge in [0.25, 0.3) is 0 Å². The lowest BCUT2D eigenvalue weighted by Gasteiger charge is -2.38. The zero-order chi connectivity index (χ0) is 18.6. The minimum atomic E-state index is 0.248. The van der Waals surface area contributed by atoms with Crippen LogP contribution in [-0.4, -0.2) is 33.5 Å². The van der Waals surface area contributed by atoms with Crippen molar-refractivity contribution in [1.29, 1.82) is 0 Å². The van der Waals surface area contributed by atoms with E-state index in [9.17, 15) is 4.79 Å². The van der Waals surface area contributed by atoms with Gasteiger partial charge in [-0.25, -0.2) is 0 Å². The molecule has 0 radical (unpaired) electrons. The van der Waals surface area contributed by atoms with Crippen molar-refractivity contribution in [2.75, 3.05) is 6.54 Å². The molecular weight excluding hydrogens is 338 g/mol. The molecule has 2 aliphatic rings. The summed E-state index contributed by atoms with van der Waals surface area (Å²) in [5, 5.41) is 4.12. The number of aryl methyl sites for hydroxylation is 1. The lowest BCUT2D eigenvalue weighted by atomic mass is 9.83. The van der Waals surface area contributed by atoms with Crippen molar-refractivity contribution in [1.82, 2.24) is 15.0 Å². The predicted molar refractivity (Wildman–Crippen MR) is 104 cm³/mol. The average molecular weight is 367 g/mol. The van der Waals surface area contributed by atoms with Gasteiger partial charge in [0.15, 0.2) is 0 Å². The fraction of sp³-hybridized carbons (Fsp3) is 0.591. The van der Waals surface area contributed by atoms with Crippen LogP contribution in [-0.2, 0) is 11.2 Å². The molecule has 1 aromatic heterocycles. The summed E-state index contributed by atoms with van der Waals surface area (Å²) < 4.78 is 5.47. The van der Waals surface area contributed by atoms with Gasteiger partial charge in [-0.1, -0.05) is 60.7 Å². The molecule has 0 unspecified atom stereocenters. The Morgan fingerprint density at radius 3 is 2.48 bits per heavy atom. The lowest BCUT2D eigenvalue weighted by molar-refractivity contribution is -0.141. The van der Waals surface area contributed by atoms with Crippen LogP contribution >= 0.6 is 0 Å². The summed E-state index contributed by atoms with van der Waals surface area (Å²) in [4.78, 5) is 19.7. The average Bonchev–Trinajstić information content (AvgIpc) is 3.11. The van der Waals surface area contributed by atoms with E-state index < -0.39 is 0 Å². The van der Waals surface area contributed by atoms with Gasteiger partial charge < -0.3 is 9.42 Å². The van der Waals surface area contributed by atoms with Crippen molar-refractivity contribution in [2.45, 2.75) is 70.8 Å². The van der Waals surface area contributed by atoms with Crippen molar-refractivity contribution in [3.05, 3.63) is 35.7 Å². The zero-order valence-corrected chi connectivity index (χ0v) is 16.2. The molecule has 5 heteroatoms. The molecule has 0 aliphatic heterocycles. The van der Waals surface area contributed by atoms with Crippen LogP contribution < -0.4 is 0 Å². The van der Waals surface area contributed by atoms with E-state index in [1.165, 1.54) is 31.2 Å². The SMILES string of the molecule is Cc1ccc(-c2noc(CCN(C(=O)C3CCC3)C3CCCCC3)n2)cc1. The van der Waals surface area contributed by atoms with E-state index in [4.69, 9.17) is 4.52 Å². The first-order valence-electron chi connectivity index (χ1n) is 10.4. The molecule has 27 heavy (non-hydrogen) atoms. The van der Waals surface area contributed by atoms with Crippen molar-refractivity contribution in [2.24, 2.45) is 5.92 Å². The monoisotopic (exact) mass is 367 g/mol. The quantitative estimate of drug-likeness (QED) is 0.751. The van der Waals surface area contributed by atoms with E-state index >= 15 is 0 Å². The van der Waals surface area contributed by atoms with Gasteiger partial charge in [-0.3, -0.25) is 4.79 Å². The Morgan fingerprint density at radius 2 is 1.81 bits per heavy atom. The highest BCUT2D eigenvalue weighted by atomic mass is 16.5. The number of amides is 1. The Balaban J connectivity index is 1.42. The number of hydrogen-bond acceptors (Lipinski definition) is 4. The first-order valence-corrected chi connectivity index (χ1v) is 10.4. The van der Waals surface area contributed by atoms with E-state index in [1.807, 2.05) is 24.3 Å². The highest BCUT2D eigenvalue weighted by molar-refractivity contribution is 5.80. The van der Waals surface area contributed by atoms with Gasteiger partial charge >= 0.3 is 0 Å². The van der Waals surface area contributed by atoms with Crippen LogP contribution in [0.25, 0.3) is 11.4 Å². The van der Waals surface area contributed by atoms with Crippen molar-refractivity contribution in [3.8, 4) is 11.4 Å². The molecule has 0 saturated heterocycles. The molecule has 1 aromatic carbocycles. The van der Waals surface area contributed by atoms with Gasteiger partial charge in [-0.2, -0.15) is 4.98 Å². The van der Waals surface area contributed by atoms with Crippen LogP contribution in [0.2, 0.25) is 0 Å². The summed E-state index contributed by atoms with van der Waals surface area (Å²) >= 11 is 0. The fourth-order valence-corrected chi connectivity index (χ4v) is 4.15. The third kappa shape index (κ3) is 4.23. The second-order valence-corrected chi connectivity index (χ2v) is 8.08. The molecule has 0 atom stereocenters. The smallest absolute Gasteiger partial charge is 0.228 e. The topological polar surface area (TPSA) is 59.2 Å². The van der Waals surface area contributed by atoms with Crippen LogP contribution in [0.15, 0.2) is 28.8 Å². The van der Waals surface area contributed by atoms with Gasteiger partial charge in [-0.15, -0.1) is 0 Å². The first-order chi connectivity index (χ1) is 13.2. The summed E-state index contributed by atoms with van der Waals surface area (Å²) in [6.07, 6.45) is 9.97. The lowest BCUT2D eigenvalue weighted by Crippen LogP contribution is -2.47. The third-order valence-electron chi connectivity index (χ3n) is 6.10. The van der Waals surface area contributed by atoms with Crippen LogP contribution in [0.4, 0.5) is 0 Å². The molecule has 0 bridgehead atoms. The van der Waals surface area contributed by atoms with Crippen LogP contribution in [0.3, 0.4) is 0 Å². The second-order valence-electron chi connectivity index (χ2n) is 8.08. The first kappa shape index (κ1) is 18.2. The van der Waals surface area contributed by atoms with Crippen LogP contribution in [0.1, 0.15) is 62.8 Å². The molecule has 2 aliphatic carbocycles. The normalized spacial score (nSPS) is 18.3. The Kier molecular flexibility index (Phi) is 5.55. The van der Waals surface area contributed by atoms with E-state index in [-0.39, 0.29) is 5.92 Å². The number of hydrogen-bond donors (Lipinski definition) is 0. The number of carbonyl (C=O) groups excluding carboxylic acids is 1. The maximum Gasteiger partial charge on any atom is 0.228 e. The number of benzene rings is 1. The second kappa shape index (κ2) is 8.24. The molecular formula is C22H29N3O2. The molecule has 0 spiro atoms. The van der Waals surface area contributed by atoms with E-state index in [1.54, 1.807) is 0 Å². The largest absolute Gasteiger partial charge is 0.339 e. The van der Waals surface area contributed by atoms with Crippen LogP contribution in [0, 0.1) is 12.8 Å². The van der Waals surface area contributed by atoms with E-state index in [0.717, 1.165) is 31.2 Å². The summed E-state index contributed by atoms with van der Waals surface area (Å²) in [6.45, 7) is 2.75. The Morgan fingerprint density at radius 1 is 1.07 bits per heavy atom. The molecule has 1 amide bonds. The minimum absolute atomic E-state index is 0.248. The molecule has 1 heterocycles. The summed E-state index contributed by atoms with van der Waals surface area (Å²) in [6, 6.07) is 8.52. The molecule has 2 saturated carbocycles.